The summed E-state index contributed by atoms with van der Waals surface area (Å²) in [7, 11) is 0. The first kappa shape index (κ1) is 12.6. The summed E-state index contributed by atoms with van der Waals surface area (Å²) in [4.78, 5) is 2.57. The van der Waals surface area contributed by atoms with Gasteiger partial charge in [0.15, 0.2) is 0 Å². The summed E-state index contributed by atoms with van der Waals surface area (Å²) < 4.78 is 2.14. The molecule has 1 aromatic heterocycles. The van der Waals surface area contributed by atoms with Crippen LogP contribution >= 0.6 is 0 Å². The summed E-state index contributed by atoms with van der Waals surface area (Å²) in [6.07, 6.45) is 8.52. The molecule has 3 nitrogen and oxygen atoms in total. The van der Waals surface area contributed by atoms with Crippen molar-refractivity contribution in [1.29, 1.82) is 0 Å². The van der Waals surface area contributed by atoms with Crippen molar-refractivity contribution in [2.75, 3.05) is 19.6 Å². The van der Waals surface area contributed by atoms with E-state index in [1.54, 1.807) is 0 Å². The minimum atomic E-state index is 1.07. The van der Waals surface area contributed by atoms with Crippen LogP contribution in [0.15, 0.2) is 6.20 Å². The van der Waals surface area contributed by atoms with E-state index in [1.165, 1.54) is 56.6 Å². The zero-order valence-electron chi connectivity index (χ0n) is 11.3. The lowest BCUT2D eigenvalue weighted by Gasteiger charge is -2.13. The van der Waals surface area contributed by atoms with Crippen LogP contribution in [0.25, 0.3) is 0 Å². The van der Waals surface area contributed by atoms with Gasteiger partial charge in [0, 0.05) is 12.7 Å². The van der Waals surface area contributed by atoms with Gasteiger partial charge in [-0.2, -0.15) is 5.10 Å². The molecule has 0 amide bonds. The largest absolute Gasteiger partial charge is 0.303 e. The van der Waals surface area contributed by atoms with Crippen LogP contribution in [0.1, 0.15) is 43.9 Å². The molecule has 3 heteroatoms. The van der Waals surface area contributed by atoms with Crippen LogP contribution in [-0.2, 0) is 13.0 Å². The fourth-order valence-corrected chi connectivity index (χ4v) is 2.62. The third kappa shape index (κ3) is 3.56. The first-order valence-corrected chi connectivity index (χ1v) is 7.05. The average Bonchev–Trinajstić information content (AvgIpc) is 2.91. The molecule has 0 spiro atoms. The van der Waals surface area contributed by atoms with Gasteiger partial charge < -0.3 is 4.90 Å². The highest BCUT2D eigenvalue weighted by Gasteiger charge is 2.10. The molecule has 0 saturated carbocycles. The molecule has 2 rings (SSSR count). The molecular formula is C14H25N3. The van der Waals surface area contributed by atoms with E-state index in [4.69, 9.17) is 0 Å². The number of aryl methyl sites for hydroxylation is 3. The number of likely N-dealkylation sites (tertiary alicyclic amines) is 1. The van der Waals surface area contributed by atoms with Gasteiger partial charge in [0.2, 0.25) is 0 Å². The number of nitrogens with zero attached hydrogens (tertiary/aromatic N) is 3. The minimum Gasteiger partial charge on any atom is -0.303 e. The van der Waals surface area contributed by atoms with Crippen molar-refractivity contribution in [3.8, 4) is 0 Å². The van der Waals surface area contributed by atoms with Crippen molar-refractivity contribution in [3.63, 3.8) is 0 Å². The van der Waals surface area contributed by atoms with Crippen molar-refractivity contribution < 1.29 is 0 Å². The van der Waals surface area contributed by atoms with Crippen LogP contribution in [0.2, 0.25) is 0 Å². The fraction of sp³-hybridized carbons (Fsp3) is 0.786. The number of hydrogen-bond donors (Lipinski definition) is 0. The molecule has 0 aliphatic carbocycles. The molecule has 0 radical (unpaired) electrons. The fourth-order valence-electron chi connectivity index (χ4n) is 2.62. The Morgan fingerprint density at radius 2 is 2.00 bits per heavy atom. The highest BCUT2D eigenvalue weighted by atomic mass is 15.3. The van der Waals surface area contributed by atoms with Gasteiger partial charge in [-0.1, -0.05) is 13.3 Å². The van der Waals surface area contributed by atoms with Gasteiger partial charge in [0.25, 0.3) is 0 Å². The summed E-state index contributed by atoms with van der Waals surface area (Å²) in [5, 5.41) is 4.66. The van der Waals surface area contributed by atoms with Gasteiger partial charge in [-0.05, 0) is 57.8 Å². The predicted molar refractivity (Wildman–Crippen MR) is 71.3 cm³/mol. The van der Waals surface area contributed by atoms with Crippen molar-refractivity contribution in [2.45, 2.75) is 52.5 Å². The Morgan fingerprint density at radius 1 is 1.24 bits per heavy atom. The molecular weight excluding hydrogens is 210 g/mol. The molecule has 0 atom stereocenters. The second-order valence-electron chi connectivity index (χ2n) is 5.17. The SMILES string of the molecule is CCCc1nn(CCCN2CCCC2)cc1C. The molecule has 2 heterocycles. The van der Waals surface area contributed by atoms with Gasteiger partial charge in [0.05, 0.1) is 5.69 Å². The maximum absolute atomic E-state index is 4.66. The Hall–Kier alpha value is -0.830. The first-order chi connectivity index (χ1) is 8.29. The van der Waals surface area contributed by atoms with Crippen LogP contribution in [-0.4, -0.2) is 34.3 Å². The third-order valence-corrected chi connectivity index (χ3v) is 3.59. The summed E-state index contributed by atoms with van der Waals surface area (Å²) in [6.45, 7) is 9.31. The van der Waals surface area contributed by atoms with E-state index in [0.29, 0.717) is 0 Å². The van der Waals surface area contributed by atoms with Crippen molar-refractivity contribution in [2.24, 2.45) is 0 Å². The molecule has 1 fully saturated rings. The topological polar surface area (TPSA) is 21.1 Å². The van der Waals surface area contributed by atoms with Crippen molar-refractivity contribution in [3.05, 3.63) is 17.5 Å². The summed E-state index contributed by atoms with van der Waals surface area (Å²) >= 11 is 0. The standard InChI is InChI=1S/C14H25N3/c1-3-7-14-13(2)12-17(15-14)11-6-10-16-8-4-5-9-16/h12H,3-11H2,1-2H3. The van der Waals surface area contributed by atoms with Gasteiger partial charge in [-0.15, -0.1) is 0 Å². The van der Waals surface area contributed by atoms with Crippen LogP contribution in [0.3, 0.4) is 0 Å². The maximum Gasteiger partial charge on any atom is 0.0653 e. The molecule has 1 aromatic rings. The van der Waals surface area contributed by atoms with Gasteiger partial charge in [-0.25, -0.2) is 0 Å². The molecule has 17 heavy (non-hydrogen) atoms. The van der Waals surface area contributed by atoms with Gasteiger partial charge >= 0.3 is 0 Å². The minimum absolute atomic E-state index is 1.07. The number of hydrogen-bond acceptors (Lipinski definition) is 2. The van der Waals surface area contributed by atoms with E-state index in [9.17, 15) is 0 Å². The Kier molecular flexibility index (Phi) is 4.60. The van der Waals surface area contributed by atoms with Crippen LogP contribution in [0.4, 0.5) is 0 Å². The van der Waals surface area contributed by atoms with Gasteiger partial charge in [0.1, 0.15) is 0 Å². The van der Waals surface area contributed by atoms with E-state index < -0.39 is 0 Å². The normalized spacial score (nSPS) is 16.8. The van der Waals surface area contributed by atoms with Gasteiger partial charge in [-0.3, -0.25) is 4.68 Å². The monoisotopic (exact) mass is 235 g/mol. The summed E-state index contributed by atoms with van der Waals surface area (Å²) in [5.74, 6) is 0. The van der Waals surface area contributed by atoms with Crippen molar-refractivity contribution in [1.82, 2.24) is 14.7 Å². The first-order valence-electron chi connectivity index (χ1n) is 7.05. The average molecular weight is 235 g/mol. The maximum atomic E-state index is 4.66. The van der Waals surface area contributed by atoms with Crippen LogP contribution in [0, 0.1) is 6.92 Å². The van der Waals surface area contributed by atoms with E-state index in [0.717, 1.165) is 13.0 Å². The lowest BCUT2D eigenvalue weighted by molar-refractivity contribution is 0.322. The molecule has 0 aromatic carbocycles. The predicted octanol–water partition coefficient (Wildman–Crippen LogP) is 2.63. The second kappa shape index (κ2) is 6.20. The molecule has 0 bridgehead atoms. The molecule has 0 unspecified atom stereocenters. The summed E-state index contributed by atoms with van der Waals surface area (Å²) in [6, 6.07) is 0. The second-order valence-corrected chi connectivity index (χ2v) is 5.17. The molecule has 96 valence electrons. The van der Waals surface area contributed by atoms with Crippen LogP contribution in [0.5, 0.6) is 0 Å². The molecule has 0 N–H and O–H groups in total. The zero-order chi connectivity index (χ0) is 12.1. The number of rotatable bonds is 6. The molecule has 1 aliphatic heterocycles. The van der Waals surface area contributed by atoms with E-state index in [1.807, 2.05) is 0 Å². The van der Waals surface area contributed by atoms with Crippen molar-refractivity contribution >= 4 is 0 Å². The van der Waals surface area contributed by atoms with Crippen LogP contribution < -0.4 is 0 Å². The molecule has 1 saturated heterocycles. The quantitative estimate of drug-likeness (QED) is 0.756. The Morgan fingerprint density at radius 3 is 2.71 bits per heavy atom. The Labute approximate surface area is 105 Å². The highest BCUT2D eigenvalue weighted by Crippen LogP contribution is 2.10. The smallest absolute Gasteiger partial charge is 0.0653 e. The lowest BCUT2D eigenvalue weighted by atomic mass is 10.2. The zero-order valence-corrected chi connectivity index (χ0v) is 11.3. The Bertz CT molecular complexity index is 337. The van der Waals surface area contributed by atoms with E-state index in [-0.39, 0.29) is 0 Å². The summed E-state index contributed by atoms with van der Waals surface area (Å²) in [5.41, 5.74) is 2.64. The van der Waals surface area contributed by atoms with E-state index >= 15 is 0 Å². The Balaban J connectivity index is 1.76. The number of aromatic nitrogens is 2. The molecule has 1 aliphatic rings. The highest BCUT2D eigenvalue weighted by molar-refractivity contribution is 5.14. The third-order valence-electron chi connectivity index (χ3n) is 3.59. The lowest BCUT2D eigenvalue weighted by Crippen LogP contribution is -2.21. The van der Waals surface area contributed by atoms with E-state index in [2.05, 4.69) is 34.7 Å².